The molecule has 4 nitrogen and oxygen atoms in total. The molecule has 0 aromatic carbocycles. The van der Waals surface area contributed by atoms with Crippen LogP contribution < -0.4 is 0 Å². The number of thioether (sulfide) groups is 1. The van der Waals surface area contributed by atoms with E-state index >= 15 is 0 Å². The molecule has 0 unspecified atom stereocenters. The van der Waals surface area contributed by atoms with Gasteiger partial charge in [0, 0.05) is 17.9 Å². The van der Waals surface area contributed by atoms with Crippen LogP contribution in [0.25, 0.3) is 0 Å². The highest BCUT2D eigenvalue weighted by Gasteiger charge is 2.49. The van der Waals surface area contributed by atoms with Gasteiger partial charge in [-0.05, 0) is 43.2 Å². The van der Waals surface area contributed by atoms with Gasteiger partial charge in [-0.1, -0.05) is 46.1 Å². The molecule has 0 bridgehead atoms. The quantitative estimate of drug-likeness (QED) is 0.338. The molecule has 0 radical (unpaired) electrons. The molecule has 26 heavy (non-hydrogen) atoms. The third-order valence-corrected chi connectivity index (χ3v) is 6.30. The van der Waals surface area contributed by atoms with E-state index in [1.807, 2.05) is 20.8 Å². The lowest BCUT2D eigenvalue weighted by atomic mass is 9.64. The topological polar surface area (TPSA) is 74.6 Å². The lowest BCUT2D eigenvalue weighted by Crippen LogP contribution is -2.49. The number of aliphatic hydroxyl groups is 1. The standard InChI is InChI=1S/C21H32O4S/c1-6-7-8-9-12-26-19-16(3)21(25,20(4,5)14-17(19)22)11-10-15(2)13-18(23)24/h10-11,13,25H,6-9,12,14H2,1-5H3,(H,23,24)/t21-/m1/s1. The monoisotopic (exact) mass is 380 g/mol. The van der Waals surface area contributed by atoms with Crippen LogP contribution in [0.4, 0.5) is 0 Å². The van der Waals surface area contributed by atoms with E-state index in [-0.39, 0.29) is 12.2 Å². The summed E-state index contributed by atoms with van der Waals surface area (Å²) >= 11 is 1.54. The van der Waals surface area contributed by atoms with Crippen molar-refractivity contribution >= 4 is 23.5 Å². The van der Waals surface area contributed by atoms with Gasteiger partial charge in [-0.15, -0.1) is 11.8 Å². The third kappa shape index (κ3) is 5.58. The lowest BCUT2D eigenvalue weighted by molar-refractivity contribution is -0.131. The normalized spacial score (nSPS) is 23.8. The van der Waals surface area contributed by atoms with Crippen LogP contribution in [0.3, 0.4) is 0 Å². The van der Waals surface area contributed by atoms with E-state index in [1.165, 1.54) is 24.6 Å². The molecule has 0 aromatic rings. The van der Waals surface area contributed by atoms with Gasteiger partial charge in [-0.2, -0.15) is 0 Å². The van der Waals surface area contributed by atoms with Crippen molar-refractivity contribution in [3.8, 4) is 0 Å². The van der Waals surface area contributed by atoms with Crippen LogP contribution in [0.1, 0.15) is 66.7 Å². The van der Waals surface area contributed by atoms with Crippen LogP contribution >= 0.6 is 11.8 Å². The number of aliphatic carboxylic acids is 1. The highest BCUT2D eigenvalue weighted by Crippen LogP contribution is 2.48. The van der Waals surface area contributed by atoms with Crippen LogP contribution in [0.2, 0.25) is 0 Å². The van der Waals surface area contributed by atoms with E-state index in [0.29, 0.717) is 16.1 Å². The Kier molecular flexibility index (Phi) is 8.35. The van der Waals surface area contributed by atoms with Crippen LogP contribution in [0, 0.1) is 5.41 Å². The lowest BCUT2D eigenvalue weighted by Gasteiger charge is -2.45. The molecule has 1 aliphatic rings. The van der Waals surface area contributed by atoms with Crippen molar-refractivity contribution in [2.45, 2.75) is 72.3 Å². The van der Waals surface area contributed by atoms with E-state index in [2.05, 4.69) is 6.92 Å². The molecule has 0 amide bonds. The first kappa shape index (κ1) is 22.7. The molecule has 0 saturated carbocycles. The number of Topliss-reactive ketones (excluding diaryl/α,β-unsaturated/α-hetero) is 1. The summed E-state index contributed by atoms with van der Waals surface area (Å²) in [5.74, 6) is -0.0620. The average molecular weight is 381 g/mol. The van der Waals surface area contributed by atoms with Gasteiger partial charge in [0.1, 0.15) is 5.60 Å². The SMILES string of the molecule is CCCCCCSC1=C(C)[C@](O)(C=CC(C)=CC(=O)O)C(C)(C)CC1=O. The predicted octanol–water partition coefficient (Wildman–Crippen LogP) is 4.89. The zero-order chi connectivity index (χ0) is 20.0. The maximum absolute atomic E-state index is 12.6. The summed E-state index contributed by atoms with van der Waals surface area (Å²) < 4.78 is 0. The molecule has 1 aliphatic carbocycles. The summed E-state index contributed by atoms with van der Waals surface area (Å²) in [4.78, 5) is 24.1. The fourth-order valence-corrected chi connectivity index (χ4v) is 4.40. The molecule has 0 heterocycles. The third-order valence-electron chi connectivity index (χ3n) is 4.98. The largest absolute Gasteiger partial charge is 0.478 e. The second-order valence-electron chi connectivity index (χ2n) is 7.67. The van der Waals surface area contributed by atoms with Crippen LogP contribution in [-0.4, -0.2) is 33.3 Å². The Labute approximate surface area is 161 Å². The highest BCUT2D eigenvalue weighted by atomic mass is 32.2. The fraction of sp³-hybridized carbons (Fsp3) is 0.619. The van der Waals surface area contributed by atoms with Gasteiger partial charge in [0.15, 0.2) is 5.78 Å². The summed E-state index contributed by atoms with van der Waals surface area (Å²) in [7, 11) is 0. The molecule has 0 aromatic heterocycles. The minimum Gasteiger partial charge on any atom is -0.478 e. The summed E-state index contributed by atoms with van der Waals surface area (Å²) in [5, 5.41) is 20.2. The zero-order valence-electron chi connectivity index (χ0n) is 16.6. The average Bonchev–Trinajstić information content (AvgIpc) is 2.53. The highest BCUT2D eigenvalue weighted by molar-refractivity contribution is 8.04. The summed E-state index contributed by atoms with van der Waals surface area (Å²) in [6, 6.07) is 0. The van der Waals surface area contributed by atoms with E-state index in [1.54, 1.807) is 19.1 Å². The number of rotatable bonds is 9. The van der Waals surface area contributed by atoms with E-state index < -0.39 is 17.0 Å². The number of carbonyl (C=O) groups excluding carboxylic acids is 1. The van der Waals surface area contributed by atoms with Crippen molar-refractivity contribution in [3.05, 3.63) is 34.3 Å². The van der Waals surface area contributed by atoms with E-state index in [9.17, 15) is 14.7 Å². The van der Waals surface area contributed by atoms with Crippen molar-refractivity contribution in [2.24, 2.45) is 5.41 Å². The molecular formula is C21H32O4S. The second kappa shape index (κ2) is 9.56. The van der Waals surface area contributed by atoms with Crippen molar-refractivity contribution in [1.29, 1.82) is 0 Å². The Balaban J connectivity index is 3.10. The van der Waals surface area contributed by atoms with Gasteiger partial charge in [0.2, 0.25) is 0 Å². The summed E-state index contributed by atoms with van der Waals surface area (Å²) in [6.07, 6.45) is 9.21. The maximum atomic E-state index is 12.6. The summed E-state index contributed by atoms with van der Waals surface area (Å²) in [5.41, 5.74) is -0.723. The number of carboxylic acid groups (broad SMARTS) is 1. The number of hydrogen-bond acceptors (Lipinski definition) is 4. The number of ketones is 1. The Hall–Kier alpha value is -1.33. The summed E-state index contributed by atoms with van der Waals surface area (Å²) in [6.45, 7) is 9.40. The minimum atomic E-state index is -1.28. The maximum Gasteiger partial charge on any atom is 0.328 e. The molecule has 1 atom stereocenters. The number of carbonyl (C=O) groups is 2. The molecule has 0 spiro atoms. The van der Waals surface area contributed by atoms with Crippen LogP contribution in [-0.2, 0) is 9.59 Å². The molecule has 146 valence electrons. The molecule has 5 heteroatoms. The van der Waals surface area contributed by atoms with E-state index in [0.717, 1.165) is 24.7 Å². The van der Waals surface area contributed by atoms with Crippen molar-refractivity contribution in [3.63, 3.8) is 0 Å². The first-order valence-electron chi connectivity index (χ1n) is 9.25. The van der Waals surface area contributed by atoms with Crippen LogP contribution in [0.5, 0.6) is 0 Å². The van der Waals surface area contributed by atoms with Gasteiger partial charge in [-0.3, -0.25) is 4.79 Å². The molecule has 2 N–H and O–H groups in total. The number of allylic oxidation sites excluding steroid dienone is 3. The Morgan fingerprint density at radius 2 is 1.92 bits per heavy atom. The Morgan fingerprint density at radius 3 is 2.50 bits per heavy atom. The molecule has 0 aliphatic heterocycles. The van der Waals surface area contributed by atoms with Gasteiger partial charge in [0.25, 0.3) is 0 Å². The predicted molar refractivity (Wildman–Crippen MR) is 108 cm³/mol. The van der Waals surface area contributed by atoms with Gasteiger partial charge < -0.3 is 10.2 Å². The van der Waals surface area contributed by atoms with Gasteiger partial charge in [0.05, 0.1) is 4.91 Å². The van der Waals surface area contributed by atoms with Gasteiger partial charge >= 0.3 is 5.97 Å². The van der Waals surface area contributed by atoms with Crippen molar-refractivity contribution in [1.82, 2.24) is 0 Å². The molecule has 0 saturated heterocycles. The van der Waals surface area contributed by atoms with E-state index in [4.69, 9.17) is 5.11 Å². The fourth-order valence-electron chi connectivity index (χ4n) is 3.24. The van der Waals surface area contributed by atoms with Crippen molar-refractivity contribution in [2.75, 3.05) is 5.75 Å². The minimum absolute atomic E-state index is 0.0869. The molecule has 0 fully saturated rings. The van der Waals surface area contributed by atoms with Crippen LogP contribution in [0.15, 0.2) is 34.3 Å². The molecular weight excluding hydrogens is 348 g/mol. The zero-order valence-corrected chi connectivity index (χ0v) is 17.4. The van der Waals surface area contributed by atoms with Gasteiger partial charge in [-0.25, -0.2) is 4.79 Å². The number of unbranched alkanes of at least 4 members (excludes halogenated alkanes) is 3. The first-order chi connectivity index (χ1) is 12.0. The number of carboxylic acids is 1. The Morgan fingerprint density at radius 1 is 1.27 bits per heavy atom. The first-order valence-corrected chi connectivity index (χ1v) is 10.2. The van der Waals surface area contributed by atoms with Crippen molar-refractivity contribution < 1.29 is 19.8 Å². The number of hydrogen-bond donors (Lipinski definition) is 2. The second-order valence-corrected chi connectivity index (χ2v) is 8.78. The smallest absolute Gasteiger partial charge is 0.328 e. The Bertz CT molecular complexity index is 628. The molecule has 1 rings (SSSR count).